The van der Waals surface area contributed by atoms with Crippen LogP contribution in [0.15, 0.2) is 24.3 Å². The lowest BCUT2D eigenvalue weighted by atomic mass is 9.73. The molecule has 2 fully saturated rings. The first-order valence-corrected chi connectivity index (χ1v) is 8.26. The summed E-state index contributed by atoms with van der Waals surface area (Å²) in [4.78, 5) is 26.0. The summed E-state index contributed by atoms with van der Waals surface area (Å²) in [6.45, 7) is 0.744. The average molecular weight is 299 g/mol. The van der Waals surface area contributed by atoms with Crippen molar-refractivity contribution >= 4 is 17.6 Å². The molecule has 1 aromatic carbocycles. The molecule has 0 aromatic heterocycles. The minimum absolute atomic E-state index is 0.0230. The van der Waals surface area contributed by atoms with Gasteiger partial charge in [-0.1, -0.05) is 31.0 Å². The minimum Gasteiger partial charge on any atom is -0.481 e. The third kappa shape index (κ3) is 1.82. The maximum atomic E-state index is 12.9. The van der Waals surface area contributed by atoms with Crippen LogP contribution < -0.4 is 4.90 Å². The van der Waals surface area contributed by atoms with E-state index in [0.29, 0.717) is 12.8 Å². The van der Waals surface area contributed by atoms with Gasteiger partial charge in [0.15, 0.2) is 0 Å². The standard InChI is InChI=1S/C18H21NO3/c20-16(12-7-8-13(12)17(21)22)19-11-18(9-3-4-10-18)14-5-1-2-6-15(14)19/h1-2,5-6,12-13H,3-4,7-11H2,(H,21,22). The molecule has 2 aliphatic carbocycles. The summed E-state index contributed by atoms with van der Waals surface area (Å²) in [5, 5.41) is 9.22. The van der Waals surface area contributed by atoms with Gasteiger partial charge in [-0.15, -0.1) is 0 Å². The molecule has 1 amide bonds. The summed E-state index contributed by atoms with van der Waals surface area (Å²) in [7, 11) is 0. The summed E-state index contributed by atoms with van der Waals surface area (Å²) in [5.74, 6) is -1.62. The molecule has 0 radical (unpaired) electrons. The fourth-order valence-corrected chi connectivity index (χ4v) is 4.60. The molecule has 1 heterocycles. The van der Waals surface area contributed by atoms with Crippen LogP contribution in [0.5, 0.6) is 0 Å². The molecular weight excluding hydrogens is 278 g/mol. The molecule has 116 valence electrons. The molecule has 4 rings (SSSR count). The number of benzene rings is 1. The van der Waals surface area contributed by atoms with Crippen molar-refractivity contribution in [3.63, 3.8) is 0 Å². The summed E-state index contributed by atoms with van der Waals surface area (Å²) < 4.78 is 0. The molecule has 2 unspecified atom stereocenters. The monoisotopic (exact) mass is 299 g/mol. The Hall–Kier alpha value is -1.84. The molecule has 2 atom stereocenters. The second-order valence-electron chi connectivity index (χ2n) is 7.06. The summed E-state index contributed by atoms with van der Waals surface area (Å²) in [6, 6.07) is 8.21. The highest BCUT2D eigenvalue weighted by Gasteiger charge is 2.50. The molecule has 22 heavy (non-hydrogen) atoms. The fourth-order valence-electron chi connectivity index (χ4n) is 4.60. The largest absolute Gasteiger partial charge is 0.481 e. The van der Waals surface area contributed by atoms with E-state index in [1.807, 2.05) is 17.0 Å². The molecule has 4 nitrogen and oxygen atoms in total. The number of para-hydroxylation sites is 1. The molecule has 3 aliphatic rings. The Morgan fingerprint density at radius 3 is 2.41 bits per heavy atom. The Kier molecular flexibility index (Phi) is 3.03. The van der Waals surface area contributed by atoms with Crippen molar-refractivity contribution in [2.24, 2.45) is 11.8 Å². The topological polar surface area (TPSA) is 57.6 Å². The lowest BCUT2D eigenvalue weighted by Crippen LogP contribution is -2.47. The van der Waals surface area contributed by atoms with Crippen molar-refractivity contribution in [3.05, 3.63) is 29.8 Å². The fraction of sp³-hybridized carbons (Fsp3) is 0.556. The zero-order chi connectivity index (χ0) is 15.3. The number of nitrogens with zero attached hydrogens (tertiary/aromatic N) is 1. The van der Waals surface area contributed by atoms with E-state index in [9.17, 15) is 14.7 Å². The summed E-state index contributed by atoms with van der Waals surface area (Å²) in [5.41, 5.74) is 2.44. The van der Waals surface area contributed by atoms with Crippen molar-refractivity contribution in [2.75, 3.05) is 11.4 Å². The number of rotatable bonds is 2. The number of carbonyl (C=O) groups is 2. The maximum Gasteiger partial charge on any atom is 0.307 e. The van der Waals surface area contributed by atoms with Crippen LogP contribution in [0.25, 0.3) is 0 Å². The van der Waals surface area contributed by atoms with Crippen molar-refractivity contribution in [1.82, 2.24) is 0 Å². The zero-order valence-electron chi connectivity index (χ0n) is 12.6. The van der Waals surface area contributed by atoms with Gasteiger partial charge in [-0.25, -0.2) is 0 Å². The van der Waals surface area contributed by atoms with Crippen molar-refractivity contribution in [2.45, 2.75) is 43.9 Å². The van der Waals surface area contributed by atoms with E-state index in [4.69, 9.17) is 0 Å². The van der Waals surface area contributed by atoms with E-state index in [1.54, 1.807) is 0 Å². The number of carbonyl (C=O) groups excluding carboxylic acids is 1. The number of carboxylic acids is 1. The van der Waals surface area contributed by atoms with Crippen LogP contribution in [0.4, 0.5) is 5.69 Å². The van der Waals surface area contributed by atoms with E-state index in [2.05, 4.69) is 12.1 Å². The Morgan fingerprint density at radius 1 is 1.09 bits per heavy atom. The molecule has 1 aromatic rings. The van der Waals surface area contributed by atoms with Crippen molar-refractivity contribution in [3.8, 4) is 0 Å². The van der Waals surface area contributed by atoms with Gasteiger partial charge < -0.3 is 10.0 Å². The van der Waals surface area contributed by atoms with Crippen LogP contribution in [0.1, 0.15) is 44.1 Å². The third-order valence-corrected chi connectivity index (χ3v) is 5.96. The molecule has 4 heteroatoms. The van der Waals surface area contributed by atoms with E-state index in [1.165, 1.54) is 18.4 Å². The highest BCUT2D eigenvalue weighted by Crippen LogP contribution is 2.51. The normalized spacial score (nSPS) is 28.5. The van der Waals surface area contributed by atoms with Gasteiger partial charge in [-0.05, 0) is 37.3 Å². The summed E-state index contributed by atoms with van der Waals surface area (Å²) in [6.07, 6.45) is 6.06. The molecule has 1 aliphatic heterocycles. The molecule has 0 saturated heterocycles. The van der Waals surface area contributed by atoms with Crippen LogP contribution in [0, 0.1) is 11.8 Å². The van der Waals surface area contributed by atoms with Gasteiger partial charge in [-0.3, -0.25) is 9.59 Å². The smallest absolute Gasteiger partial charge is 0.307 e. The van der Waals surface area contributed by atoms with E-state index < -0.39 is 11.9 Å². The second-order valence-corrected chi connectivity index (χ2v) is 7.06. The second kappa shape index (κ2) is 4.83. The highest BCUT2D eigenvalue weighted by atomic mass is 16.4. The number of fused-ring (bicyclic) bond motifs is 2. The zero-order valence-corrected chi connectivity index (χ0v) is 12.6. The molecule has 1 N–H and O–H groups in total. The van der Waals surface area contributed by atoms with Crippen LogP contribution >= 0.6 is 0 Å². The van der Waals surface area contributed by atoms with Gasteiger partial charge in [0.25, 0.3) is 0 Å². The van der Waals surface area contributed by atoms with Crippen LogP contribution in [0.3, 0.4) is 0 Å². The molecule has 1 spiro atoms. The Balaban J connectivity index is 1.66. The number of carboxylic acid groups (broad SMARTS) is 1. The van der Waals surface area contributed by atoms with Crippen LogP contribution in [0.2, 0.25) is 0 Å². The van der Waals surface area contributed by atoms with Gasteiger partial charge >= 0.3 is 5.97 Å². The Labute approximate surface area is 130 Å². The predicted molar refractivity (Wildman–Crippen MR) is 82.8 cm³/mol. The van der Waals surface area contributed by atoms with Crippen molar-refractivity contribution < 1.29 is 14.7 Å². The third-order valence-electron chi connectivity index (χ3n) is 5.96. The predicted octanol–water partition coefficient (Wildman–Crippen LogP) is 2.96. The lowest BCUT2D eigenvalue weighted by Gasteiger charge is -2.35. The SMILES string of the molecule is O=C(O)C1CCC1C(=O)N1CC2(CCCC2)c2ccccc21. The van der Waals surface area contributed by atoms with E-state index >= 15 is 0 Å². The molecular formula is C18H21NO3. The maximum absolute atomic E-state index is 12.9. The number of hydrogen-bond donors (Lipinski definition) is 1. The number of hydrogen-bond acceptors (Lipinski definition) is 2. The first-order valence-electron chi connectivity index (χ1n) is 8.26. The number of aliphatic carboxylic acids is 1. The van der Waals surface area contributed by atoms with Crippen molar-refractivity contribution in [1.29, 1.82) is 0 Å². The first kappa shape index (κ1) is 13.8. The molecule has 2 saturated carbocycles. The van der Waals surface area contributed by atoms with Crippen LogP contribution in [-0.4, -0.2) is 23.5 Å². The van der Waals surface area contributed by atoms with Gasteiger partial charge in [-0.2, -0.15) is 0 Å². The highest BCUT2D eigenvalue weighted by molar-refractivity contribution is 6.00. The van der Waals surface area contributed by atoms with Crippen LogP contribution in [-0.2, 0) is 15.0 Å². The lowest BCUT2D eigenvalue weighted by molar-refractivity contribution is -0.152. The van der Waals surface area contributed by atoms with Gasteiger partial charge in [0.05, 0.1) is 11.8 Å². The summed E-state index contributed by atoms with van der Waals surface area (Å²) >= 11 is 0. The first-order chi connectivity index (χ1) is 10.6. The Morgan fingerprint density at radius 2 is 1.77 bits per heavy atom. The minimum atomic E-state index is -0.826. The number of anilines is 1. The Bertz CT molecular complexity index is 633. The van der Waals surface area contributed by atoms with Gasteiger partial charge in [0.1, 0.15) is 0 Å². The number of amides is 1. The van der Waals surface area contributed by atoms with Gasteiger partial charge in [0, 0.05) is 17.6 Å². The average Bonchev–Trinajstić information content (AvgIpc) is 3.04. The molecule has 0 bridgehead atoms. The van der Waals surface area contributed by atoms with E-state index in [0.717, 1.165) is 25.1 Å². The van der Waals surface area contributed by atoms with E-state index in [-0.39, 0.29) is 17.2 Å². The quantitative estimate of drug-likeness (QED) is 0.913. The van der Waals surface area contributed by atoms with Gasteiger partial charge in [0.2, 0.25) is 5.91 Å².